The maximum absolute atomic E-state index is 12.9. The molecule has 0 radical (unpaired) electrons. The molecule has 2 aromatic rings. The molecule has 0 aliphatic carbocycles. The number of amides is 1. The average molecular weight is 428 g/mol. The maximum Gasteiger partial charge on any atom is 0.266 e. The number of hydrogen-bond donors (Lipinski definition) is 0. The number of aromatic nitrogens is 1. The fourth-order valence-corrected chi connectivity index (χ4v) is 5.08. The van der Waals surface area contributed by atoms with E-state index in [1.807, 2.05) is 6.08 Å². The number of benzene rings is 1. The topological polar surface area (TPSA) is 45.7 Å². The van der Waals surface area contributed by atoms with Gasteiger partial charge in [0.05, 0.1) is 23.6 Å². The molecule has 4 rings (SSSR count). The summed E-state index contributed by atoms with van der Waals surface area (Å²) in [4.78, 5) is 22.5. The quantitative estimate of drug-likeness (QED) is 0.521. The lowest BCUT2D eigenvalue weighted by Gasteiger charge is -2.29. The van der Waals surface area contributed by atoms with Gasteiger partial charge in [0.25, 0.3) is 5.91 Å². The molecule has 0 N–H and O–H groups in total. The summed E-state index contributed by atoms with van der Waals surface area (Å²) in [5.74, 6) is 0.911. The molecule has 3 heterocycles. The first-order valence-corrected chi connectivity index (χ1v) is 11.2. The number of methoxy groups -OCH3 is 1. The third-order valence-corrected chi connectivity index (χ3v) is 6.69. The Labute approximate surface area is 181 Å². The minimum atomic E-state index is -0.0500. The molecular weight excluding hydrogens is 402 g/mol. The van der Waals surface area contributed by atoms with E-state index in [4.69, 9.17) is 21.9 Å². The molecule has 2 saturated heterocycles. The lowest BCUT2D eigenvalue weighted by molar-refractivity contribution is -0.122. The van der Waals surface area contributed by atoms with E-state index in [9.17, 15) is 4.79 Å². The molecule has 2 aliphatic rings. The van der Waals surface area contributed by atoms with Gasteiger partial charge in [-0.05, 0) is 50.5 Å². The van der Waals surface area contributed by atoms with Gasteiger partial charge in [-0.1, -0.05) is 35.6 Å². The van der Waals surface area contributed by atoms with Crippen LogP contribution in [0.15, 0.2) is 29.2 Å². The van der Waals surface area contributed by atoms with Crippen molar-refractivity contribution in [2.75, 3.05) is 38.3 Å². The Kier molecular flexibility index (Phi) is 6.18. The lowest BCUT2D eigenvalue weighted by atomic mass is 10.1. The predicted molar refractivity (Wildman–Crippen MR) is 124 cm³/mol. The molecule has 2 fully saturated rings. The van der Waals surface area contributed by atoms with Crippen molar-refractivity contribution in [3.8, 4) is 0 Å². The van der Waals surface area contributed by atoms with Crippen LogP contribution in [0.3, 0.4) is 0 Å². The zero-order valence-corrected chi connectivity index (χ0v) is 18.4. The van der Waals surface area contributed by atoms with Crippen molar-refractivity contribution >= 4 is 57.0 Å². The minimum Gasteiger partial charge on any atom is -0.383 e. The van der Waals surface area contributed by atoms with Crippen molar-refractivity contribution in [3.05, 3.63) is 40.3 Å². The summed E-state index contributed by atoms with van der Waals surface area (Å²) < 4.78 is 5.70. The monoisotopic (exact) mass is 427 g/mol. The van der Waals surface area contributed by atoms with Gasteiger partial charge >= 0.3 is 0 Å². The normalized spacial score (nSPS) is 19.0. The molecule has 2 aliphatic heterocycles. The van der Waals surface area contributed by atoms with Crippen LogP contribution in [-0.4, -0.2) is 53.5 Å². The van der Waals surface area contributed by atoms with E-state index >= 15 is 0 Å². The van der Waals surface area contributed by atoms with Gasteiger partial charge in [0.15, 0.2) is 0 Å². The summed E-state index contributed by atoms with van der Waals surface area (Å²) in [6, 6.07) is 8.46. The highest BCUT2D eigenvalue weighted by Crippen LogP contribution is 2.35. The van der Waals surface area contributed by atoms with Gasteiger partial charge in [-0.25, -0.2) is 4.98 Å². The highest BCUT2D eigenvalue weighted by atomic mass is 32.2. The Balaban J connectivity index is 1.76. The number of thiocarbonyl (C=S) groups is 1. The molecule has 5 nitrogen and oxygen atoms in total. The highest BCUT2D eigenvalue weighted by Gasteiger charge is 2.32. The molecule has 1 aromatic heterocycles. The maximum atomic E-state index is 12.9. The summed E-state index contributed by atoms with van der Waals surface area (Å²) in [7, 11) is 1.63. The smallest absolute Gasteiger partial charge is 0.266 e. The number of carbonyl (C=O) groups excluding carboxylic acids is 1. The highest BCUT2D eigenvalue weighted by molar-refractivity contribution is 8.26. The molecule has 0 saturated carbocycles. The largest absolute Gasteiger partial charge is 0.383 e. The number of nitrogens with zero attached hydrogens (tertiary/aromatic N) is 3. The van der Waals surface area contributed by atoms with Crippen LogP contribution in [0, 0.1) is 6.92 Å². The second-order valence-corrected chi connectivity index (χ2v) is 9.15. The Hall–Kier alpha value is -1.96. The Bertz CT molecular complexity index is 983. The number of piperidine rings is 1. The first-order valence-electron chi connectivity index (χ1n) is 9.97. The Morgan fingerprint density at radius 1 is 1.24 bits per heavy atom. The third-order valence-electron chi connectivity index (χ3n) is 5.31. The summed E-state index contributed by atoms with van der Waals surface area (Å²) in [5.41, 5.74) is 3.17. The summed E-state index contributed by atoms with van der Waals surface area (Å²) in [6.45, 7) is 5.03. The summed E-state index contributed by atoms with van der Waals surface area (Å²) in [6.07, 6.45) is 5.57. The second-order valence-electron chi connectivity index (χ2n) is 7.47. The Morgan fingerprint density at radius 2 is 2.03 bits per heavy atom. The van der Waals surface area contributed by atoms with Gasteiger partial charge in [-0.3, -0.25) is 9.69 Å². The number of aryl methyl sites for hydroxylation is 1. The molecular formula is C22H25N3O2S2. The molecule has 1 aromatic carbocycles. The van der Waals surface area contributed by atoms with E-state index in [2.05, 4.69) is 36.1 Å². The van der Waals surface area contributed by atoms with Gasteiger partial charge < -0.3 is 9.64 Å². The zero-order valence-electron chi connectivity index (χ0n) is 16.8. The van der Waals surface area contributed by atoms with Crippen molar-refractivity contribution < 1.29 is 9.53 Å². The Morgan fingerprint density at radius 3 is 2.79 bits per heavy atom. The van der Waals surface area contributed by atoms with Crippen LogP contribution in [0.25, 0.3) is 17.0 Å². The van der Waals surface area contributed by atoms with E-state index < -0.39 is 0 Å². The predicted octanol–water partition coefficient (Wildman–Crippen LogP) is 4.38. The SMILES string of the molecule is COCCN1C(=O)C(=Cc2cc3cc(C)ccc3nc2N2CCCCC2)SC1=S. The number of thioether (sulfide) groups is 1. The molecule has 0 atom stereocenters. The van der Waals surface area contributed by atoms with Crippen LogP contribution >= 0.6 is 24.0 Å². The van der Waals surface area contributed by atoms with Gasteiger partial charge in [0, 0.05) is 31.1 Å². The molecule has 0 spiro atoms. The van der Waals surface area contributed by atoms with E-state index in [0.717, 1.165) is 35.4 Å². The molecule has 0 unspecified atom stereocenters. The molecule has 7 heteroatoms. The zero-order chi connectivity index (χ0) is 20.4. The lowest BCUT2D eigenvalue weighted by Crippen LogP contribution is -2.31. The first-order chi connectivity index (χ1) is 14.1. The van der Waals surface area contributed by atoms with Crippen LogP contribution in [0.5, 0.6) is 0 Å². The van der Waals surface area contributed by atoms with Crippen molar-refractivity contribution in [1.29, 1.82) is 0 Å². The van der Waals surface area contributed by atoms with Crippen LogP contribution in [0.2, 0.25) is 0 Å². The number of carbonyl (C=O) groups is 1. The van der Waals surface area contributed by atoms with Crippen LogP contribution < -0.4 is 4.90 Å². The number of ether oxygens (including phenoxy) is 1. The number of anilines is 1. The second kappa shape index (κ2) is 8.81. The van der Waals surface area contributed by atoms with Gasteiger partial charge in [-0.2, -0.15) is 0 Å². The standard InChI is InChI=1S/C22H25N3O2S2/c1-15-6-7-18-16(12-15)13-17(20(23-18)24-8-4-3-5-9-24)14-19-21(26)25(10-11-27-2)22(28)29-19/h6-7,12-14H,3-5,8-11H2,1-2H3. The molecule has 1 amide bonds. The van der Waals surface area contributed by atoms with E-state index in [0.29, 0.717) is 22.4 Å². The number of pyridine rings is 1. The van der Waals surface area contributed by atoms with Gasteiger partial charge in [-0.15, -0.1) is 0 Å². The van der Waals surface area contributed by atoms with Crippen molar-refractivity contribution in [3.63, 3.8) is 0 Å². The molecule has 29 heavy (non-hydrogen) atoms. The van der Waals surface area contributed by atoms with Crippen molar-refractivity contribution in [1.82, 2.24) is 9.88 Å². The number of rotatable bonds is 5. The van der Waals surface area contributed by atoms with E-state index in [-0.39, 0.29) is 5.91 Å². The van der Waals surface area contributed by atoms with Gasteiger partial charge in [0.1, 0.15) is 10.1 Å². The molecule has 0 bridgehead atoms. The fourth-order valence-electron chi connectivity index (χ4n) is 3.78. The van der Waals surface area contributed by atoms with Crippen LogP contribution in [0.1, 0.15) is 30.4 Å². The number of hydrogen-bond acceptors (Lipinski definition) is 6. The minimum absolute atomic E-state index is 0.0500. The molecule has 152 valence electrons. The summed E-state index contributed by atoms with van der Waals surface area (Å²) >= 11 is 6.78. The fraction of sp³-hybridized carbons (Fsp3) is 0.409. The van der Waals surface area contributed by atoms with Crippen LogP contribution in [-0.2, 0) is 9.53 Å². The summed E-state index contributed by atoms with van der Waals surface area (Å²) in [5, 5.41) is 1.09. The van der Waals surface area contributed by atoms with Crippen molar-refractivity contribution in [2.24, 2.45) is 0 Å². The average Bonchev–Trinajstić information content (AvgIpc) is 2.99. The first kappa shape index (κ1) is 20.3. The van der Waals surface area contributed by atoms with Crippen LogP contribution in [0.4, 0.5) is 5.82 Å². The van der Waals surface area contributed by atoms with E-state index in [1.54, 1.807) is 12.0 Å². The third kappa shape index (κ3) is 4.32. The van der Waals surface area contributed by atoms with E-state index in [1.165, 1.54) is 36.6 Å². The van der Waals surface area contributed by atoms with Crippen molar-refractivity contribution in [2.45, 2.75) is 26.2 Å². The number of fused-ring (bicyclic) bond motifs is 1. The van der Waals surface area contributed by atoms with Gasteiger partial charge in [0.2, 0.25) is 0 Å².